The second-order valence-corrected chi connectivity index (χ2v) is 7.11. The molecule has 3 N–H and O–H groups in total. The first-order valence-corrected chi connectivity index (χ1v) is 8.96. The van der Waals surface area contributed by atoms with Crippen LogP contribution in [0.25, 0.3) is 0 Å². The quantitative estimate of drug-likeness (QED) is 0.316. The molecule has 1 rings (SSSR count). The molecule has 1 amide bonds. The molecule has 0 aliphatic heterocycles. The van der Waals surface area contributed by atoms with Crippen molar-refractivity contribution in [3.05, 3.63) is 29.8 Å². The van der Waals surface area contributed by atoms with Gasteiger partial charge in [-0.2, -0.15) is 5.10 Å². The highest BCUT2D eigenvalue weighted by Gasteiger charge is 2.18. The average molecular weight is 362 g/mol. The van der Waals surface area contributed by atoms with Crippen molar-refractivity contribution in [1.82, 2.24) is 15.4 Å². The largest absolute Gasteiger partial charge is 0.489 e. The molecule has 0 unspecified atom stereocenters. The third-order valence-electron chi connectivity index (χ3n) is 3.65. The highest BCUT2D eigenvalue weighted by molar-refractivity contribution is 6.60. The van der Waals surface area contributed by atoms with E-state index in [4.69, 9.17) is 0 Å². The van der Waals surface area contributed by atoms with Crippen LogP contribution in [0.5, 0.6) is 0 Å². The Morgan fingerprint density at radius 3 is 2.35 bits per heavy atom. The number of rotatable bonds is 10. The molecule has 0 aliphatic rings. The van der Waals surface area contributed by atoms with Crippen molar-refractivity contribution in [1.29, 1.82) is 0 Å². The SMILES string of the molecule is CNN(CC(C)C)C(=O)CN(CC(C)C)/N=C\c1ccccc1B(O)O. The van der Waals surface area contributed by atoms with Crippen molar-refractivity contribution in [2.45, 2.75) is 27.7 Å². The smallest absolute Gasteiger partial charge is 0.423 e. The molecule has 8 heteroatoms. The van der Waals surface area contributed by atoms with Gasteiger partial charge in [-0.05, 0) is 22.9 Å². The van der Waals surface area contributed by atoms with Crippen LogP contribution in [-0.2, 0) is 4.79 Å². The van der Waals surface area contributed by atoms with Gasteiger partial charge in [0.1, 0.15) is 6.54 Å². The molecule has 0 fully saturated rings. The molecule has 0 atom stereocenters. The van der Waals surface area contributed by atoms with Crippen LogP contribution in [0.2, 0.25) is 0 Å². The number of hydrazine groups is 1. The Labute approximate surface area is 156 Å². The topological polar surface area (TPSA) is 88.4 Å². The fourth-order valence-corrected chi connectivity index (χ4v) is 2.51. The minimum Gasteiger partial charge on any atom is -0.423 e. The summed E-state index contributed by atoms with van der Waals surface area (Å²) in [6, 6.07) is 6.93. The molecular formula is C18H31BN4O3. The van der Waals surface area contributed by atoms with Crippen LogP contribution in [0.3, 0.4) is 0 Å². The maximum absolute atomic E-state index is 12.6. The van der Waals surface area contributed by atoms with E-state index in [-0.39, 0.29) is 12.5 Å². The van der Waals surface area contributed by atoms with Crippen LogP contribution >= 0.6 is 0 Å². The van der Waals surface area contributed by atoms with E-state index in [1.807, 2.05) is 0 Å². The maximum atomic E-state index is 12.6. The van der Waals surface area contributed by atoms with Crippen LogP contribution in [0.4, 0.5) is 0 Å². The minimum atomic E-state index is -1.57. The van der Waals surface area contributed by atoms with Gasteiger partial charge < -0.3 is 10.0 Å². The molecule has 0 saturated carbocycles. The molecule has 0 spiro atoms. The van der Waals surface area contributed by atoms with Gasteiger partial charge in [0.15, 0.2) is 0 Å². The van der Waals surface area contributed by atoms with Crippen molar-refractivity contribution in [3.8, 4) is 0 Å². The fourth-order valence-electron chi connectivity index (χ4n) is 2.51. The van der Waals surface area contributed by atoms with Crippen LogP contribution in [0.15, 0.2) is 29.4 Å². The van der Waals surface area contributed by atoms with Crippen LogP contribution in [0.1, 0.15) is 33.3 Å². The Morgan fingerprint density at radius 1 is 1.19 bits per heavy atom. The third-order valence-corrected chi connectivity index (χ3v) is 3.65. The van der Waals surface area contributed by atoms with Gasteiger partial charge in [0.05, 0.1) is 6.21 Å². The van der Waals surface area contributed by atoms with E-state index in [9.17, 15) is 14.8 Å². The molecule has 0 heterocycles. The van der Waals surface area contributed by atoms with Gasteiger partial charge in [0, 0.05) is 20.1 Å². The zero-order valence-electron chi connectivity index (χ0n) is 16.4. The summed E-state index contributed by atoms with van der Waals surface area (Å²) >= 11 is 0. The lowest BCUT2D eigenvalue weighted by Crippen LogP contribution is -2.47. The lowest BCUT2D eigenvalue weighted by molar-refractivity contribution is -0.135. The molecule has 26 heavy (non-hydrogen) atoms. The van der Waals surface area contributed by atoms with E-state index >= 15 is 0 Å². The Kier molecular flexibility index (Phi) is 9.33. The number of hydrogen-bond donors (Lipinski definition) is 3. The molecule has 0 aromatic heterocycles. The van der Waals surface area contributed by atoms with E-state index < -0.39 is 7.12 Å². The van der Waals surface area contributed by atoms with E-state index in [0.717, 1.165) is 0 Å². The Bertz CT molecular complexity index is 594. The summed E-state index contributed by atoms with van der Waals surface area (Å²) in [6.07, 6.45) is 1.57. The summed E-state index contributed by atoms with van der Waals surface area (Å²) in [5.41, 5.74) is 3.92. The fraction of sp³-hybridized carbons (Fsp3) is 0.556. The van der Waals surface area contributed by atoms with E-state index in [1.54, 1.807) is 47.5 Å². The van der Waals surface area contributed by atoms with Crippen molar-refractivity contribution < 1.29 is 14.8 Å². The highest BCUT2D eigenvalue weighted by atomic mass is 16.4. The summed E-state index contributed by atoms with van der Waals surface area (Å²) in [5.74, 6) is 0.618. The number of carbonyl (C=O) groups is 1. The Morgan fingerprint density at radius 2 is 1.81 bits per heavy atom. The standard InChI is InChI=1S/C18H31BN4O3/c1-14(2)11-22(13-18(24)23(20-5)12-15(3)4)21-10-16-8-6-7-9-17(16)19(25)26/h6-10,14-15,20,25-26H,11-13H2,1-5H3/b21-10-. The van der Waals surface area contributed by atoms with Crippen molar-refractivity contribution in [2.24, 2.45) is 16.9 Å². The van der Waals surface area contributed by atoms with Crippen LogP contribution < -0.4 is 10.9 Å². The minimum absolute atomic E-state index is 0.0607. The first-order valence-electron chi connectivity index (χ1n) is 8.96. The molecule has 144 valence electrons. The van der Waals surface area contributed by atoms with Gasteiger partial charge >= 0.3 is 7.12 Å². The highest BCUT2D eigenvalue weighted by Crippen LogP contribution is 2.03. The Balaban J connectivity index is 2.92. The van der Waals surface area contributed by atoms with Crippen molar-refractivity contribution in [2.75, 3.05) is 26.7 Å². The summed E-state index contributed by atoms with van der Waals surface area (Å²) in [6.45, 7) is 9.60. The normalized spacial score (nSPS) is 11.4. The zero-order chi connectivity index (χ0) is 19.7. The van der Waals surface area contributed by atoms with E-state index in [1.165, 1.54) is 0 Å². The molecule has 0 aliphatic carbocycles. The van der Waals surface area contributed by atoms with Gasteiger partial charge in [0.25, 0.3) is 5.91 Å². The molecule has 7 nitrogen and oxygen atoms in total. The number of hydrogen-bond acceptors (Lipinski definition) is 6. The predicted molar refractivity (Wildman–Crippen MR) is 106 cm³/mol. The van der Waals surface area contributed by atoms with Gasteiger partial charge in [-0.15, -0.1) is 0 Å². The van der Waals surface area contributed by atoms with E-state index in [0.29, 0.717) is 36.0 Å². The molecule has 0 bridgehead atoms. The van der Waals surface area contributed by atoms with Gasteiger partial charge in [-0.3, -0.25) is 14.8 Å². The number of carbonyl (C=O) groups excluding carboxylic acids is 1. The number of amides is 1. The Hall–Kier alpha value is -1.90. The maximum Gasteiger partial charge on any atom is 0.489 e. The molecule has 1 aromatic carbocycles. The van der Waals surface area contributed by atoms with Gasteiger partial charge in [-0.25, -0.2) is 5.43 Å². The molecule has 0 saturated heterocycles. The first kappa shape index (κ1) is 22.1. The molecular weight excluding hydrogens is 331 g/mol. The second-order valence-electron chi connectivity index (χ2n) is 7.11. The predicted octanol–water partition coefficient (Wildman–Crippen LogP) is 0.277. The monoisotopic (exact) mass is 362 g/mol. The second kappa shape index (κ2) is 11.0. The van der Waals surface area contributed by atoms with Gasteiger partial charge in [0.2, 0.25) is 0 Å². The summed E-state index contributed by atoms with van der Waals surface area (Å²) in [4.78, 5) is 12.6. The number of nitrogens with one attached hydrogen (secondary N) is 1. The van der Waals surface area contributed by atoms with Crippen LogP contribution in [-0.4, -0.2) is 66.0 Å². The number of benzene rings is 1. The molecule has 0 radical (unpaired) electrons. The van der Waals surface area contributed by atoms with Gasteiger partial charge in [-0.1, -0.05) is 52.0 Å². The zero-order valence-corrected chi connectivity index (χ0v) is 16.4. The lowest BCUT2D eigenvalue weighted by Gasteiger charge is -2.27. The first-order chi connectivity index (χ1) is 12.2. The summed E-state index contributed by atoms with van der Waals surface area (Å²) < 4.78 is 0. The molecule has 1 aromatic rings. The van der Waals surface area contributed by atoms with Crippen LogP contribution in [0, 0.1) is 11.8 Å². The summed E-state index contributed by atoms with van der Waals surface area (Å²) in [5, 5.41) is 26.6. The summed E-state index contributed by atoms with van der Waals surface area (Å²) in [7, 11) is 0.165. The average Bonchev–Trinajstić information content (AvgIpc) is 2.56. The number of nitrogens with zero attached hydrogens (tertiary/aromatic N) is 3. The lowest BCUT2D eigenvalue weighted by atomic mass is 9.77. The number of hydrazone groups is 1. The van der Waals surface area contributed by atoms with Crippen molar-refractivity contribution >= 4 is 24.7 Å². The van der Waals surface area contributed by atoms with E-state index in [2.05, 4.69) is 38.2 Å². The third kappa shape index (κ3) is 7.55. The van der Waals surface area contributed by atoms with Crippen molar-refractivity contribution in [3.63, 3.8) is 0 Å².